The van der Waals surface area contributed by atoms with Crippen LogP contribution in [0.4, 0.5) is 0 Å². The molecular formula is C15H24BrNO. The fraction of sp³-hybridized carbons (Fsp3) is 0.600. The van der Waals surface area contributed by atoms with E-state index in [0.29, 0.717) is 5.92 Å². The Bertz CT molecular complexity index is 313. The van der Waals surface area contributed by atoms with Crippen molar-refractivity contribution < 1.29 is 4.74 Å². The van der Waals surface area contributed by atoms with Gasteiger partial charge in [-0.05, 0) is 43.0 Å². The van der Waals surface area contributed by atoms with Crippen molar-refractivity contribution in [1.82, 2.24) is 5.32 Å². The summed E-state index contributed by atoms with van der Waals surface area (Å²) >= 11 is 3.49. The highest BCUT2D eigenvalue weighted by Crippen LogP contribution is 2.23. The SMILES string of the molecule is CCNCC(CCCCOC)c1ccc(Br)cc1. The summed E-state index contributed by atoms with van der Waals surface area (Å²) < 4.78 is 6.25. The van der Waals surface area contributed by atoms with Crippen molar-refractivity contribution in [3.8, 4) is 0 Å². The molecule has 0 saturated heterocycles. The van der Waals surface area contributed by atoms with E-state index in [1.165, 1.54) is 18.4 Å². The van der Waals surface area contributed by atoms with Crippen LogP contribution in [0.2, 0.25) is 0 Å². The van der Waals surface area contributed by atoms with Gasteiger partial charge in [0.05, 0.1) is 0 Å². The highest BCUT2D eigenvalue weighted by molar-refractivity contribution is 9.10. The smallest absolute Gasteiger partial charge is 0.0462 e. The number of methoxy groups -OCH3 is 1. The first-order valence-electron chi connectivity index (χ1n) is 6.73. The zero-order chi connectivity index (χ0) is 13.2. The number of nitrogens with one attached hydrogen (secondary N) is 1. The molecule has 1 aromatic rings. The summed E-state index contributed by atoms with van der Waals surface area (Å²) in [5.74, 6) is 0.606. The molecule has 102 valence electrons. The van der Waals surface area contributed by atoms with Gasteiger partial charge < -0.3 is 10.1 Å². The van der Waals surface area contributed by atoms with Gasteiger partial charge in [0.2, 0.25) is 0 Å². The van der Waals surface area contributed by atoms with Gasteiger partial charge in [0.25, 0.3) is 0 Å². The summed E-state index contributed by atoms with van der Waals surface area (Å²) in [6.45, 7) is 5.12. The van der Waals surface area contributed by atoms with Crippen LogP contribution < -0.4 is 5.32 Å². The monoisotopic (exact) mass is 313 g/mol. The molecule has 0 spiro atoms. The minimum absolute atomic E-state index is 0.606. The predicted octanol–water partition coefficient (Wildman–Crippen LogP) is 3.96. The molecule has 18 heavy (non-hydrogen) atoms. The van der Waals surface area contributed by atoms with Crippen molar-refractivity contribution in [2.45, 2.75) is 32.1 Å². The van der Waals surface area contributed by atoms with Gasteiger partial charge in [-0.15, -0.1) is 0 Å². The molecule has 2 nitrogen and oxygen atoms in total. The Morgan fingerprint density at radius 2 is 1.94 bits per heavy atom. The Hall–Kier alpha value is -0.380. The lowest BCUT2D eigenvalue weighted by Gasteiger charge is -2.18. The van der Waals surface area contributed by atoms with Gasteiger partial charge in [-0.2, -0.15) is 0 Å². The summed E-state index contributed by atoms with van der Waals surface area (Å²) in [5.41, 5.74) is 1.43. The molecule has 0 saturated carbocycles. The molecule has 0 aliphatic heterocycles. The number of hydrogen-bond donors (Lipinski definition) is 1. The number of ether oxygens (including phenoxy) is 1. The quantitative estimate of drug-likeness (QED) is 0.697. The Labute approximate surface area is 119 Å². The largest absolute Gasteiger partial charge is 0.385 e. The number of hydrogen-bond acceptors (Lipinski definition) is 2. The van der Waals surface area contributed by atoms with Crippen LogP contribution in [0, 0.1) is 0 Å². The van der Waals surface area contributed by atoms with Gasteiger partial charge in [-0.1, -0.05) is 41.4 Å². The highest BCUT2D eigenvalue weighted by Gasteiger charge is 2.10. The van der Waals surface area contributed by atoms with Crippen molar-refractivity contribution in [2.24, 2.45) is 0 Å². The molecule has 0 heterocycles. The maximum Gasteiger partial charge on any atom is 0.0462 e. The molecular weight excluding hydrogens is 290 g/mol. The van der Waals surface area contributed by atoms with Gasteiger partial charge >= 0.3 is 0 Å². The third-order valence-corrected chi connectivity index (χ3v) is 3.66. The number of rotatable bonds is 9. The van der Waals surface area contributed by atoms with Crippen molar-refractivity contribution in [3.63, 3.8) is 0 Å². The Morgan fingerprint density at radius 3 is 2.56 bits per heavy atom. The number of likely N-dealkylation sites (N-methyl/N-ethyl adjacent to an activating group) is 1. The van der Waals surface area contributed by atoms with E-state index in [-0.39, 0.29) is 0 Å². The fourth-order valence-electron chi connectivity index (χ4n) is 2.08. The lowest BCUT2D eigenvalue weighted by molar-refractivity contribution is 0.191. The summed E-state index contributed by atoms with van der Waals surface area (Å²) in [6, 6.07) is 8.71. The van der Waals surface area contributed by atoms with Crippen molar-refractivity contribution >= 4 is 15.9 Å². The van der Waals surface area contributed by atoms with E-state index in [9.17, 15) is 0 Å². The van der Waals surface area contributed by atoms with E-state index in [1.54, 1.807) is 7.11 Å². The minimum atomic E-state index is 0.606. The zero-order valence-corrected chi connectivity index (χ0v) is 13.0. The normalized spacial score (nSPS) is 12.6. The molecule has 0 amide bonds. The van der Waals surface area contributed by atoms with E-state index in [0.717, 1.165) is 30.6 Å². The second-order valence-corrected chi connectivity index (χ2v) is 5.46. The zero-order valence-electron chi connectivity index (χ0n) is 11.4. The number of unbranched alkanes of at least 4 members (excludes halogenated alkanes) is 1. The fourth-order valence-corrected chi connectivity index (χ4v) is 2.34. The van der Waals surface area contributed by atoms with E-state index >= 15 is 0 Å². The third-order valence-electron chi connectivity index (χ3n) is 3.13. The Morgan fingerprint density at radius 1 is 1.22 bits per heavy atom. The molecule has 1 rings (SSSR count). The first kappa shape index (κ1) is 15.7. The molecule has 1 N–H and O–H groups in total. The molecule has 0 aliphatic rings. The second-order valence-electron chi connectivity index (χ2n) is 4.54. The summed E-state index contributed by atoms with van der Waals surface area (Å²) in [7, 11) is 1.77. The number of halogens is 1. The second kappa shape index (κ2) is 9.54. The molecule has 0 bridgehead atoms. The predicted molar refractivity (Wildman–Crippen MR) is 81.2 cm³/mol. The van der Waals surface area contributed by atoms with Crippen LogP contribution in [0.1, 0.15) is 37.7 Å². The molecule has 0 radical (unpaired) electrons. The lowest BCUT2D eigenvalue weighted by atomic mass is 9.93. The van der Waals surface area contributed by atoms with Gasteiger partial charge in [-0.3, -0.25) is 0 Å². The summed E-state index contributed by atoms with van der Waals surface area (Å²) in [6.07, 6.45) is 3.59. The van der Waals surface area contributed by atoms with Gasteiger partial charge in [-0.25, -0.2) is 0 Å². The van der Waals surface area contributed by atoms with Crippen molar-refractivity contribution in [2.75, 3.05) is 26.8 Å². The van der Waals surface area contributed by atoms with Crippen LogP contribution in [0.25, 0.3) is 0 Å². The molecule has 3 heteroatoms. The third kappa shape index (κ3) is 5.98. The Kier molecular flexibility index (Phi) is 8.31. The first-order chi connectivity index (χ1) is 8.77. The van der Waals surface area contributed by atoms with E-state index in [4.69, 9.17) is 4.74 Å². The van der Waals surface area contributed by atoms with Crippen LogP contribution in [-0.4, -0.2) is 26.8 Å². The van der Waals surface area contributed by atoms with Crippen LogP contribution >= 0.6 is 15.9 Å². The van der Waals surface area contributed by atoms with Gasteiger partial charge in [0.1, 0.15) is 0 Å². The molecule has 0 aliphatic carbocycles. The summed E-state index contributed by atoms with van der Waals surface area (Å²) in [4.78, 5) is 0. The molecule has 1 aromatic carbocycles. The average Bonchev–Trinajstić information content (AvgIpc) is 2.39. The van der Waals surface area contributed by atoms with Crippen LogP contribution in [-0.2, 0) is 4.74 Å². The molecule has 0 aromatic heterocycles. The van der Waals surface area contributed by atoms with E-state index in [2.05, 4.69) is 52.4 Å². The maximum atomic E-state index is 5.10. The molecule has 0 fully saturated rings. The van der Waals surface area contributed by atoms with Gasteiger partial charge in [0, 0.05) is 24.7 Å². The first-order valence-corrected chi connectivity index (χ1v) is 7.52. The molecule has 1 atom stereocenters. The number of benzene rings is 1. The van der Waals surface area contributed by atoms with Crippen molar-refractivity contribution in [3.05, 3.63) is 34.3 Å². The van der Waals surface area contributed by atoms with Crippen LogP contribution in [0.15, 0.2) is 28.7 Å². The van der Waals surface area contributed by atoms with Gasteiger partial charge in [0.15, 0.2) is 0 Å². The Balaban J connectivity index is 2.51. The van der Waals surface area contributed by atoms with Crippen molar-refractivity contribution in [1.29, 1.82) is 0 Å². The molecule has 1 unspecified atom stereocenters. The van der Waals surface area contributed by atoms with E-state index in [1.807, 2.05) is 0 Å². The topological polar surface area (TPSA) is 21.3 Å². The van der Waals surface area contributed by atoms with Crippen LogP contribution in [0.3, 0.4) is 0 Å². The average molecular weight is 314 g/mol. The maximum absolute atomic E-state index is 5.10. The summed E-state index contributed by atoms with van der Waals surface area (Å²) in [5, 5.41) is 3.46. The lowest BCUT2D eigenvalue weighted by Crippen LogP contribution is -2.21. The van der Waals surface area contributed by atoms with E-state index < -0.39 is 0 Å². The minimum Gasteiger partial charge on any atom is -0.385 e. The highest BCUT2D eigenvalue weighted by atomic mass is 79.9. The standard InChI is InChI=1S/C15H24BrNO/c1-3-17-12-14(6-4-5-11-18-2)13-7-9-15(16)10-8-13/h7-10,14,17H,3-6,11-12H2,1-2H3. The van der Waals surface area contributed by atoms with Crippen LogP contribution in [0.5, 0.6) is 0 Å².